The van der Waals surface area contributed by atoms with Crippen LogP contribution in [-0.4, -0.2) is 37.8 Å². The monoisotopic (exact) mass is 227 g/mol. The molecule has 84 valence electrons. The molecule has 1 aliphatic carbocycles. The summed E-state index contributed by atoms with van der Waals surface area (Å²) in [5, 5.41) is 15.7. The Morgan fingerprint density at radius 1 is 1.60 bits per heavy atom. The maximum Gasteiger partial charge on any atom is 0.165 e. The summed E-state index contributed by atoms with van der Waals surface area (Å²) in [5.74, 6) is 0.947. The second-order valence-electron chi connectivity index (χ2n) is 3.98. The van der Waals surface area contributed by atoms with Crippen LogP contribution in [0.2, 0.25) is 0 Å². The van der Waals surface area contributed by atoms with Gasteiger partial charge in [-0.05, 0) is 29.5 Å². The Morgan fingerprint density at radius 2 is 2.40 bits per heavy atom. The smallest absolute Gasteiger partial charge is 0.165 e. The lowest BCUT2D eigenvalue weighted by Gasteiger charge is -2.09. The van der Waals surface area contributed by atoms with E-state index >= 15 is 0 Å². The van der Waals surface area contributed by atoms with Gasteiger partial charge in [-0.3, -0.25) is 0 Å². The van der Waals surface area contributed by atoms with E-state index in [0.29, 0.717) is 11.3 Å². The Labute approximate surface area is 94.0 Å². The van der Waals surface area contributed by atoms with Gasteiger partial charge in [-0.15, -0.1) is 5.10 Å². The molecule has 1 saturated carbocycles. The molecule has 1 atom stereocenters. The van der Waals surface area contributed by atoms with E-state index in [9.17, 15) is 0 Å². The van der Waals surface area contributed by atoms with Crippen LogP contribution >= 0.6 is 11.8 Å². The van der Waals surface area contributed by atoms with Gasteiger partial charge in [-0.2, -0.15) is 11.8 Å². The highest BCUT2D eigenvalue weighted by atomic mass is 32.2. The predicted octanol–water partition coefficient (Wildman–Crippen LogP) is 0.677. The number of tetrazole rings is 1. The normalized spacial score (nSPS) is 18.0. The second-order valence-corrected chi connectivity index (χ2v) is 5.25. The summed E-state index contributed by atoms with van der Waals surface area (Å²) >= 11 is 1.83. The van der Waals surface area contributed by atoms with Crippen molar-refractivity contribution in [2.24, 2.45) is 0 Å². The topological polar surface area (TPSA) is 55.6 Å². The van der Waals surface area contributed by atoms with E-state index in [1.54, 1.807) is 0 Å². The molecule has 2 rings (SSSR count). The van der Waals surface area contributed by atoms with E-state index in [0.717, 1.165) is 18.9 Å². The lowest BCUT2D eigenvalue weighted by molar-refractivity contribution is 0.540. The highest BCUT2D eigenvalue weighted by Gasteiger charge is 2.21. The number of aromatic nitrogens is 4. The van der Waals surface area contributed by atoms with Gasteiger partial charge in [0.15, 0.2) is 5.82 Å². The second kappa shape index (κ2) is 4.94. The van der Waals surface area contributed by atoms with Gasteiger partial charge in [-0.25, -0.2) is 4.68 Å². The average Bonchev–Trinajstić information content (AvgIpc) is 2.97. The molecule has 0 aromatic carbocycles. The third kappa shape index (κ3) is 3.17. The number of hydrogen-bond donors (Lipinski definition) is 1. The molecule has 1 heterocycles. The maximum absolute atomic E-state index is 4.03. The molecule has 1 aromatic heterocycles. The number of hydrogen-bond acceptors (Lipinski definition) is 5. The SMILES string of the molecule is CSC(C)Cn1nnnc1CNC1CC1. The van der Waals surface area contributed by atoms with Crippen LogP contribution in [-0.2, 0) is 13.1 Å². The maximum atomic E-state index is 4.03. The minimum Gasteiger partial charge on any atom is -0.307 e. The zero-order chi connectivity index (χ0) is 10.7. The molecule has 5 nitrogen and oxygen atoms in total. The van der Waals surface area contributed by atoms with Crippen molar-refractivity contribution in [1.29, 1.82) is 0 Å². The molecule has 6 heteroatoms. The molecular formula is C9H17N5S. The molecule has 0 radical (unpaired) electrons. The fourth-order valence-electron chi connectivity index (χ4n) is 1.33. The first-order valence-electron chi connectivity index (χ1n) is 5.31. The third-order valence-electron chi connectivity index (χ3n) is 2.56. The Balaban J connectivity index is 1.88. The minimum absolute atomic E-state index is 0.549. The van der Waals surface area contributed by atoms with Crippen molar-refractivity contribution >= 4 is 11.8 Å². The molecule has 0 spiro atoms. The molecule has 1 fully saturated rings. The molecule has 1 aromatic rings. The molecule has 15 heavy (non-hydrogen) atoms. The zero-order valence-corrected chi connectivity index (χ0v) is 10.00. The van der Waals surface area contributed by atoms with Gasteiger partial charge < -0.3 is 5.32 Å². The Kier molecular flexibility index (Phi) is 3.58. The molecule has 1 unspecified atom stereocenters. The number of rotatable bonds is 6. The van der Waals surface area contributed by atoms with Crippen molar-refractivity contribution in [3.05, 3.63) is 5.82 Å². The van der Waals surface area contributed by atoms with E-state index in [-0.39, 0.29) is 0 Å². The Morgan fingerprint density at radius 3 is 3.07 bits per heavy atom. The summed E-state index contributed by atoms with van der Waals surface area (Å²) in [6.45, 7) is 3.86. The quantitative estimate of drug-likeness (QED) is 0.774. The first-order chi connectivity index (χ1) is 7.29. The van der Waals surface area contributed by atoms with Crippen molar-refractivity contribution < 1.29 is 0 Å². The first kappa shape index (κ1) is 10.9. The van der Waals surface area contributed by atoms with Crippen LogP contribution < -0.4 is 5.32 Å². The van der Waals surface area contributed by atoms with Crippen molar-refractivity contribution in [1.82, 2.24) is 25.5 Å². The standard InChI is InChI=1S/C9H17N5S/c1-7(15-2)6-14-9(11-12-13-14)5-10-8-3-4-8/h7-8,10H,3-6H2,1-2H3. The van der Waals surface area contributed by atoms with Crippen molar-refractivity contribution in [2.75, 3.05) is 6.26 Å². The van der Waals surface area contributed by atoms with Gasteiger partial charge in [0.25, 0.3) is 0 Å². The molecule has 0 saturated heterocycles. The summed E-state index contributed by atoms with van der Waals surface area (Å²) in [6.07, 6.45) is 4.70. The molecule has 0 aliphatic heterocycles. The highest BCUT2D eigenvalue weighted by Crippen LogP contribution is 2.19. The molecular weight excluding hydrogens is 210 g/mol. The van der Waals surface area contributed by atoms with Crippen molar-refractivity contribution in [3.8, 4) is 0 Å². The van der Waals surface area contributed by atoms with Crippen LogP contribution in [0.5, 0.6) is 0 Å². The van der Waals surface area contributed by atoms with Crippen LogP contribution in [0, 0.1) is 0 Å². The van der Waals surface area contributed by atoms with Gasteiger partial charge in [-0.1, -0.05) is 6.92 Å². The van der Waals surface area contributed by atoms with Crippen LogP contribution in [0.25, 0.3) is 0 Å². The van der Waals surface area contributed by atoms with Gasteiger partial charge >= 0.3 is 0 Å². The highest BCUT2D eigenvalue weighted by molar-refractivity contribution is 7.99. The number of thioether (sulfide) groups is 1. The fourth-order valence-corrected chi connectivity index (χ4v) is 1.62. The first-order valence-corrected chi connectivity index (χ1v) is 6.59. The summed E-state index contributed by atoms with van der Waals surface area (Å²) < 4.78 is 1.90. The van der Waals surface area contributed by atoms with E-state index in [1.165, 1.54) is 12.8 Å². The van der Waals surface area contributed by atoms with Gasteiger partial charge in [0, 0.05) is 11.3 Å². The number of nitrogens with zero attached hydrogens (tertiary/aromatic N) is 4. The van der Waals surface area contributed by atoms with E-state index in [4.69, 9.17) is 0 Å². The average molecular weight is 227 g/mol. The van der Waals surface area contributed by atoms with Crippen LogP contribution in [0.3, 0.4) is 0 Å². The van der Waals surface area contributed by atoms with Crippen LogP contribution in [0.15, 0.2) is 0 Å². The third-order valence-corrected chi connectivity index (χ3v) is 3.52. The summed E-state index contributed by atoms with van der Waals surface area (Å²) in [7, 11) is 0. The molecule has 0 amide bonds. The molecule has 0 bridgehead atoms. The largest absolute Gasteiger partial charge is 0.307 e. The number of nitrogens with one attached hydrogen (secondary N) is 1. The molecule has 1 aliphatic rings. The summed E-state index contributed by atoms with van der Waals surface area (Å²) in [5.41, 5.74) is 0. The Bertz CT molecular complexity index is 309. The Hall–Kier alpha value is -0.620. The lowest BCUT2D eigenvalue weighted by atomic mass is 10.4. The van der Waals surface area contributed by atoms with E-state index in [1.807, 2.05) is 16.4 Å². The van der Waals surface area contributed by atoms with Crippen molar-refractivity contribution in [3.63, 3.8) is 0 Å². The fraction of sp³-hybridized carbons (Fsp3) is 0.889. The summed E-state index contributed by atoms with van der Waals surface area (Å²) in [6, 6.07) is 0.702. The van der Waals surface area contributed by atoms with Crippen molar-refractivity contribution in [2.45, 2.75) is 44.1 Å². The predicted molar refractivity (Wildman–Crippen MR) is 60.7 cm³/mol. The molecule has 1 N–H and O–H groups in total. The van der Waals surface area contributed by atoms with Gasteiger partial charge in [0.1, 0.15) is 0 Å². The lowest BCUT2D eigenvalue weighted by Crippen LogP contribution is -2.21. The van der Waals surface area contributed by atoms with E-state index in [2.05, 4.69) is 34.0 Å². The zero-order valence-electron chi connectivity index (χ0n) is 9.18. The van der Waals surface area contributed by atoms with Gasteiger partial charge in [0.2, 0.25) is 0 Å². The minimum atomic E-state index is 0.549. The van der Waals surface area contributed by atoms with Gasteiger partial charge in [0.05, 0.1) is 13.1 Å². The van der Waals surface area contributed by atoms with Crippen LogP contribution in [0.4, 0.5) is 0 Å². The van der Waals surface area contributed by atoms with Crippen LogP contribution in [0.1, 0.15) is 25.6 Å². The van der Waals surface area contributed by atoms with E-state index < -0.39 is 0 Å². The summed E-state index contributed by atoms with van der Waals surface area (Å²) in [4.78, 5) is 0.